The van der Waals surface area contributed by atoms with E-state index in [0.717, 1.165) is 43.0 Å². The van der Waals surface area contributed by atoms with Crippen LogP contribution in [-0.4, -0.2) is 24.5 Å². The van der Waals surface area contributed by atoms with Gasteiger partial charge >= 0.3 is 0 Å². The number of aryl methyl sites for hydroxylation is 2. The molecule has 0 fully saturated rings. The molecule has 0 saturated heterocycles. The Morgan fingerprint density at radius 3 is 2.37 bits per heavy atom. The standard InChI is InChI=1S/C29H28F2N2SSi/c1-18-26-29(34-28(18)20-12-9-19(10-13-20)11-14-25(30)31)27(33-17-32-26)22-15-21-7-5-6-8-23(21)24(16-22)35(2,3)4/h5-10,12-13,15-17,25H,11,14H2,1-4H3. The van der Waals surface area contributed by atoms with Gasteiger partial charge in [0, 0.05) is 16.9 Å². The lowest BCUT2D eigenvalue weighted by atomic mass is 10.0. The van der Waals surface area contributed by atoms with Gasteiger partial charge in [-0.2, -0.15) is 0 Å². The van der Waals surface area contributed by atoms with E-state index in [1.165, 1.54) is 16.0 Å². The molecule has 3 aromatic carbocycles. The molecule has 5 aromatic rings. The number of rotatable bonds is 6. The van der Waals surface area contributed by atoms with Gasteiger partial charge in [-0.25, -0.2) is 18.7 Å². The number of hydrogen-bond donors (Lipinski definition) is 0. The van der Waals surface area contributed by atoms with E-state index in [0.29, 0.717) is 6.42 Å². The summed E-state index contributed by atoms with van der Waals surface area (Å²) in [6.07, 6.45) is -0.322. The third kappa shape index (κ3) is 4.65. The van der Waals surface area contributed by atoms with Crippen LogP contribution in [0.15, 0.2) is 67.0 Å². The second-order valence-electron chi connectivity index (χ2n) is 10.1. The Hall–Kier alpha value is -2.96. The third-order valence-corrected chi connectivity index (χ3v) is 9.88. The van der Waals surface area contributed by atoms with Crippen LogP contribution in [0.2, 0.25) is 19.6 Å². The van der Waals surface area contributed by atoms with Gasteiger partial charge in [-0.3, -0.25) is 0 Å². The summed E-state index contributed by atoms with van der Waals surface area (Å²) in [7, 11) is -1.59. The summed E-state index contributed by atoms with van der Waals surface area (Å²) in [5, 5.41) is 4.00. The van der Waals surface area contributed by atoms with Gasteiger partial charge < -0.3 is 0 Å². The summed E-state index contributed by atoms with van der Waals surface area (Å²) >= 11 is 1.71. The molecule has 0 spiro atoms. The molecule has 0 bridgehead atoms. The molecule has 6 heteroatoms. The predicted molar refractivity (Wildman–Crippen MR) is 148 cm³/mol. The molecule has 0 atom stereocenters. The van der Waals surface area contributed by atoms with Crippen LogP contribution in [-0.2, 0) is 6.42 Å². The highest BCUT2D eigenvalue weighted by atomic mass is 32.1. The normalized spacial score (nSPS) is 12.2. The fourth-order valence-electron chi connectivity index (χ4n) is 4.67. The molecule has 0 radical (unpaired) electrons. The van der Waals surface area contributed by atoms with Crippen LogP contribution >= 0.6 is 11.3 Å². The average molecular weight is 503 g/mol. The molecular weight excluding hydrogens is 474 g/mol. The minimum atomic E-state index is -2.27. The maximum absolute atomic E-state index is 12.6. The van der Waals surface area contributed by atoms with Crippen LogP contribution in [0.4, 0.5) is 8.78 Å². The van der Waals surface area contributed by atoms with Crippen LogP contribution < -0.4 is 5.19 Å². The first-order chi connectivity index (χ1) is 16.7. The Labute approximate surface area is 209 Å². The molecule has 0 unspecified atom stereocenters. The molecule has 0 aliphatic rings. The van der Waals surface area contributed by atoms with Crippen LogP contribution in [0.25, 0.3) is 42.7 Å². The van der Waals surface area contributed by atoms with Gasteiger partial charge in [0.05, 0.1) is 24.0 Å². The highest BCUT2D eigenvalue weighted by Crippen LogP contribution is 2.41. The summed E-state index contributed by atoms with van der Waals surface area (Å²) < 4.78 is 26.2. The van der Waals surface area contributed by atoms with Crippen molar-refractivity contribution in [1.29, 1.82) is 0 Å². The molecular formula is C29H28F2N2SSi. The van der Waals surface area contributed by atoms with Crippen LogP contribution in [0, 0.1) is 6.92 Å². The number of hydrogen-bond acceptors (Lipinski definition) is 3. The summed E-state index contributed by atoms with van der Waals surface area (Å²) in [4.78, 5) is 10.5. The number of alkyl halides is 2. The van der Waals surface area contributed by atoms with Crippen molar-refractivity contribution in [3.05, 3.63) is 78.1 Å². The molecule has 0 aliphatic carbocycles. The SMILES string of the molecule is Cc1c(-c2ccc(CCC(F)F)cc2)sc2c(-c3cc([Si](C)(C)C)c4ccccc4c3)ncnc12. The lowest BCUT2D eigenvalue weighted by Gasteiger charge is -2.21. The van der Waals surface area contributed by atoms with Gasteiger partial charge in [0.1, 0.15) is 6.33 Å². The minimum absolute atomic E-state index is 0.106. The number of nitrogens with zero attached hydrogens (tertiary/aromatic N) is 2. The zero-order valence-electron chi connectivity index (χ0n) is 20.4. The fraction of sp³-hybridized carbons (Fsp3) is 0.241. The number of benzene rings is 3. The van der Waals surface area contributed by atoms with E-state index in [1.54, 1.807) is 17.7 Å². The number of fused-ring (bicyclic) bond motifs is 2. The summed E-state index contributed by atoms with van der Waals surface area (Å²) in [5.74, 6) is 0. The maximum atomic E-state index is 12.6. The van der Waals surface area contributed by atoms with Gasteiger partial charge in [0.15, 0.2) is 0 Å². The first-order valence-corrected chi connectivity index (χ1v) is 16.2. The summed E-state index contributed by atoms with van der Waals surface area (Å²) in [6, 6.07) is 21.2. The van der Waals surface area contributed by atoms with E-state index in [9.17, 15) is 8.78 Å². The quantitative estimate of drug-likeness (QED) is 0.219. The van der Waals surface area contributed by atoms with E-state index in [1.807, 2.05) is 24.3 Å². The minimum Gasteiger partial charge on any atom is -0.235 e. The fourth-order valence-corrected chi connectivity index (χ4v) is 7.57. The van der Waals surface area contributed by atoms with Crippen molar-refractivity contribution in [3.63, 3.8) is 0 Å². The van der Waals surface area contributed by atoms with Crippen molar-refractivity contribution < 1.29 is 8.78 Å². The number of thiophene rings is 1. The van der Waals surface area contributed by atoms with Gasteiger partial charge in [0.25, 0.3) is 0 Å². The van der Waals surface area contributed by atoms with Gasteiger partial charge in [-0.1, -0.05) is 79.4 Å². The lowest BCUT2D eigenvalue weighted by Crippen LogP contribution is -2.38. The Balaban J connectivity index is 1.63. The van der Waals surface area contributed by atoms with Gasteiger partial charge in [0.2, 0.25) is 6.43 Å². The lowest BCUT2D eigenvalue weighted by molar-refractivity contribution is 0.138. The highest BCUT2D eigenvalue weighted by Gasteiger charge is 2.22. The predicted octanol–water partition coefficient (Wildman–Crippen LogP) is 8.23. The van der Waals surface area contributed by atoms with Crippen LogP contribution in [0.1, 0.15) is 17.5 Å². The van der Waals surface area contributed by atoms with E-state index in [-0.39, 0.29) is 6.42 Å². The molecule has 2 heterocycles. The number of halogens is 2. The van der Waals surface area contributed by atoms with Crippen molar-refractivity contribution in [2.45, 2.75) is 45.8 Å². The van der Waals surface area contributed by atoms with E-state index >= 15 is 0 Å². The molecule has 0 amide bonds. The Bertz CT molecular complexity index is 1520. The molecule has 2 aromatic heterocycles. The number of aromatic nitrogens is 2. The van der Waals surface area contributed by atoms with Crippen molar-refractivity contribution in [2.75, 3.05) is 0 Å². The molecule has 0 N–H and O–H groups in total. The molecule has 35 heavy (non-hydrogen) atoms. The third-order valence-electron chi connectivity index (χ3n) is 6.51. The van der Waals surface area contributed by atoms with Crippen molar-refractivity contribution in [2.24, 2.45) is 0 Å². The van der Waals surface area contributed by atoms with Gasteiger partial charge in [-0.15, -0.1) is 11.3 Å². The zero-order chi connectivity index (χ0) is 24.7. The van der Waals surface area contributed by atoms with E-state index in [2.05, 4.69) is 67.9 Å². The first-order valence-electron chi connectivity index (χ1n) is 11.9. The monoisotopic (exact) mass is 502 g/mol. The molecule has 178 valence electrons. The topological polar surface area (TPSA) is 25.8 Å². The molecule has 0 aliphatic heterocycles. The van der Waals surface area contributed by atoms with Crippen molar-refractivity contribution >= 4 is 45.6 Å². The summed E-state index contributed by atoms with van der Waals surface area (Å²) in [6.45, 7) is 9.25. The van der Waals surface area contributed by atoms with Crippen LogP contribution in [0.5, 0.6) is 0 Å². The maximum Gasteiger partial charge on any atom is 0.239 e. The Kier molecular flexibility index (Phi) is 6.28. The zero-order valence-corrected chi connectivity index (χ0v) is 22.2. The van der Waals surface area contributed by atoms with Gasteiger partial charge in [-0.05, 0) is 46.9 Å². The summed E-state index contributed by atoms with van der Waals surface area (Å²) in [5.41, 5.74) is 6.21. The molecule has 2 nitrogen and oxygen atoms in total. The second kappa shape index (κ2) is 9.24. The largest absolute Gasteiger partial charge is 0.239 e. The molecule has 0 saturated carbocycles. The average Bonchev–Trinajstić information content (AvgIpc) is 3.18. The second-order valence-corrected chi connectivity index (χ2v) is 16.1. The van der Waals surface area contributed by atoms with Crippen molar-refractivity contribution in [1.82, 2.24) is 9.97 Å². The van der Waals surface area contributed by atoms with Crippen molar-refractivity contribution in [3.8, 4) is 21.7 Å². The Morgan fingerprint density at radius 1 is 0.914 bits per heavy atom. The molecule has 5 rings (SSSR count). The first kappa shape index (κ1) is 23.8. The smallest absolute Gasteiger partial charge is 0.235 e. The van der Waals surface area contributed by atoms with E-state index < -0.39 is 14.5 Å². The Morgan fingerprint density at radius 2 is 1.66 bits per heavy atom. The van der Waals surface area contributed by atoms with Crippen LogP contribution in [0.3, 0.4) is 0 Å². The van der Waals surface area contributed by atoms with E-state index in [4.69, 9.17) is 4.98 Å². The highest BCUT2D eigenvalue weighted by molar-refractivity contribution is 7.23.